The first kappa shape index (κ1) is 13.5. The van der Waals surface area contributed by atoms with Crippen LogP contribution in [-0.4, -0.2) is 26.6 Å². The van der Waals surface area contributed by atoms with Gasteiger partial charge in [-0.25, -0.2) is 15.0 Å². The van der Waals surface area contributed by atoms with Gasteiger partial charge in [-0.05, 0) is 37.1 Å². The largest absolute Gasteiger partial charge is 0.373 e. The first-order valence-electron chi connectivity index (χ1n) is 7.12. The van der Waals surface area contributed by atoms with E-state index in [0.717, 1.165) is 34.9 Å². The Kier molecular flexibility index (Phi) is 3.33. The number of nitrogens with one attached hydrogen (secondary N) is 1. The highest BCUT2D eigenvalue weighted by Gasteiger charge is 2.10. The van der Waals surface area contributed by atoms with Crippen molar-refractivity contribution in [3.05, 3.63) is 41.5 Å². The maximum atomic E-state index is 4.62. The van der Waals surface area contributed by atoms with Gasteiger partial charge in [0.05, 0.1) is 11.0 Å². The van der Waals surface area contributed by atoms with Gasteiger partial charge in [0.25, 0.3) is 0 Å². The Labute approximate surface area is 124 Å². The molecule has 5 heteroatoms. The van der Waals surface area contributed by atoms with Gasteiger partial charge in [0, 0.05) is 19.5 Å². The van der Waals surface area contributed by atoms with Crippen LogP contribution in [-0.2, 0) is 6.42 Å². The van der Waals surface area contributed by atoms with Crippen molar-refractivity contribution in [1.29, 1.82) is 0 Å². The van der Waals surface area contributed by atoms with Gasteiger partial charge in [0.15, 0.2) is 0 Å². The molecule has 0 bridgehead atoms. The zero-order valence-corrected chi connectivity index (χ0v) is 12.8. The van der Waals surface area contributed by atoms with Crippen LogP contribution in [0.2, 0.25) is 0 Å². The summed E-state index contributed by atoms with van der Waals surface area (Å²) in [6.07, 6.45) is 2.62. The highest BCUT2D eigenvalue weighted by molar-refractivity contribution is 5.79. The van der Waals surface area contributed by atoms with Crippen molar-refractivity contribution < 1.29 is 0 Å². The fourth-order valence-electron chi connectivity index (χ4n) is 2.34. The normalized spacial score (nSPS) is 11.0. The number of anilines is 1. The van der Waals surface area contributed by atoms with E-state index in [9.17, 15) is 0 Å². The second-order valence-electron chi connectivity index (χ2n) is 5.17. The third-order valence-corrected chi connectivity index (χ3v) is 3.74. The SMILES string of the molecule is CCc1nc(NC)cc(-n2cnc3cc(C)c(C)cc32)n1. The molecule has 0 spiro atoms. The van der Waals surface area contributed by atoms with Crippen LogP contribution in [0.5, 0.6) is 0 Å². The minimum atomic E-state index is 0.799. The molecule has 0 atom stereocenters. The molecule has 0 unspecified atom stereocenters. The number of hydrogen-bond acceptors (Lipinski definition) is 4. The molecule has 5 nitrogen and oxygen atoms in total. The van der Waals surface area contributed by atoms with Gasteiger partial charge in [-0.1, -0.05) is 6.92 Å². The van der Waals surface area contributed by atoms with Crippen LogP contribution in [0, 0.1) is 13.8 Å². The molecule has 0 saturated heterocycles. The van der Waals surface area contributed by atoms with Gasteiger partial charge in [-0.15, -0.1) is 0 Å². The third kappa shape index (κ3) is 2.35. The van der Waals surface area contributed by atoms with Gasteiger partial charge in [-0.3, -0.25) is 4.57 Å². The molecule has 0 aliphatic heterocycles. The Balaban J connectivity index is 2.22. The lowest BCUT2D eigenvalue weighted by Crippen LogP contribution is -2.05. The van der Waals surface area contributed by atoms with Crippen molar-refractivity contribution in [1.82, 2.24) is 19.5 Å². The van der Waals surface area contributed by atoms with Crippen molar-refractivity contribution in [2.75, 3.05) is 12.4 Å². The first-order chi connectivity index (χ1) is 10.1. The van der Waals surface area contributed by atoms with Crippen LogP contribution in [0.1, 0.15) is 23.9 Å². The number of nitrogens with zero attached hydrogens (tertiary/aromatic N) is 4. The van der Waals surface area contributed by atoms with Gasteiger partial charge < -0.3 is 5.32 Å². The molecular weight excluding hydrogens is 262 g/mol. The minimum Gasteiger partial charge on any atom is -0.373 e. The average molecular weight is 281 g/mol. The highest BCUT2D eigenvalue weighted by Crippen LogP contribution is 2.22. The van der Waals surface area contributed by atoms with Gasteiger partial charge in [0.2, 0.25) is 0 Å². The molecule has 1 N–H and O–H groups in total. The molecule has 1 aromatic carbocycles. The van der Waals surface area contributed by atoms with E-state index in [0.29, 0.717) is 0 Å². The predicted octanol–water partition coefficient (Wildman–Crippen LogP) is 3.04. The van der Waals surface area contributed by atoms with Crippen LogP contribution < -0.4 is 5.32 Å². The maximum Gasteiger partial charge on any atom is 0.144 e. The Bertz CT molecular complexity index is 782. The molecule has 0 aliphatic rings. The molecule has 2 aromatic heterocycles. The van der Waals surface area contributed by atoms with E-state index in [1.807, 2.05) is 24.0 Å². The van der Waals surface area contributed by atoms with Crippen molar-refractivity contribution in [3.8, 4) is 5.82 Å². The summed E-state index contributed by atoms with van der Waals surface area (Å²) in [6.45, 7) is 6.27. The van der Waals surface area contributed by atoms with Crippen LogP contribution in [0.15, 0.2) is 24.5 Å². The summed E-state index contributed by atoms with van der Waals surface area (Å²) in [5.41, 5.74) is 4.56. The molecule has 0 aliphatic carbocycles. The Hall–Kier alpha value is -2.43. The molecule has 108 valence electrons. The number of hydrogen-bond donors (Lipinski definition) is 1. The third-order valence-electron chi connectivity index (χ3n) is 3.74. The van der Waals surface area contributed by atoms with Crippen LogP contribution in [0.4, 0.5) is 5.82 Å². The molecule has 0 radical (unpaired) electrons. The number of fused-ring (bicyclic) bond motifs is 1. The van der Waals surface area contributed by atoms with E-state index in [-0.39, 0.29) is 0 Å². The molecule has 3 rings (SSSR count). The molecule has 0 saturated carbocycles. The zero-order valence-electron chi connectivity index (χ0n) is 12.8. The molecule has 0 fully saturated rings. The first-order valence-corrected chi connectivity index (χ1v) is 7.12. The second kappa shape index (κ2) is 5.16. The lowest BCUT2D eigenvalue weighted by molar-refractivity contribution is 0.898. The molecular formula is C16H19N5. The number of aromatic nitrogens is 4. The summed E-state index contributed by atoms with van der Waals surface area (Å²) in [4.78, 5) is 13.5. The van der Waals surface area contributed by atoms with E-state index in [4.69, 9.17) is 0 Å². The Morgan fingerprint density at radius 1 is 1.10 bits per heavy atom. The number of aryl methyl sites for hydroxylation is 3. The maximum absolute atomic E-state index is 4.62. The summed E-state index contributed by atoms with van der Waals surface area (Å²) in [7, 11) is 1.87. The van der Waals surface area contributed by atoms with E-state index in [1.54, 1.807) is 0 Å². The summed E-state index contributed by atoms with van der Waals surface area (Å²) in [6, 6.07) is 6.21. The van der Waals surface area contributed by atoms with Crippen molar-refractivity contribution >= 4 is 16.9 Å². The van der Waals surface area contributed by atoms with Crippen LogP contribution in [0.25, 0.3) is 16.9 Å². The molecule has 21 heavy (non-hydrogen) atoms. The van der Waals surface area contributed by atoms with Gasteiger partial charge in [0.1, 0.15) is 23.8 Å². The van der Waals surface area contributed by atoms with Crippen molar-refractivity contribution in [3.63, 3.8) is 0 Å². The lowest BCUT2D eigenvalue weighted by atomic mass is 10.1. The van der Waals surface area contributed by atoms with Crippen LogP contribution in [0.3, 0.4) is 0 Å². The quantitative estimate of drug-likeness (QED) is 0.801. The summed E-state index contributed by atoms with van der Waals surface area (Å²) in [5.74, 6) is 2.49. The highest BCUT2D eigenvalue weighted by atomic mass is 15.1. The van der Waals surface area contributed by atoms with E-state index in [1.165, 1.54) is 11.1 Å². The summed E-state index contributed by atoms with van der Waals surface area (Å²) in [5, 5.41) is 3.09. The Morgan fingerprint density at radius 2 is 1.86 bits per heavy atom. The predicted molar refractivity (Wildman–Crippen MR) is 85.1 cm³/mol. The zero-order chi connectivity index (χ0) is 15.0. The minimum absolute atomic E-state index is 0.799. The fourth-order valence-corrected chi connectivity index (χ4v) is 2.34. The summed E-state index contributed by atoms with van der Waals surface area (Å²) >= 11 is 0. The van der Waals surface area contributed by atoms with E-state index >= 15 is 0 Å². The van der Waals surface area contributed by atoms with Crippen molar-refractivity contribution in [2.45, 2.75) is 27.2 Å². The molecule has 3 aromatic rings. The second-order valence-corrected chi connectivity index (χ2v) is 5.17. The van der Waals surface area contributed by atoms with Gasteiger partial charge in [-0.2, -0.15) is 0 Å². The number of rotatable bonds is 3. The monoisotopic (exact) mass is 281 g/mol. The summed E-state index contributed by atoms with van der Waals surface area (Å²) < 4.78 is 2.02. The molecule has 2 heterocycles. The standard InChI is InChI=1S/C16H19N5/c1-5-14-19-15(17-4)8-16(20-14)21-9-18-12-6-10(2)11(3)7-13(12)21/h6-9H,5H2,1-4H3,(H,17,19,20). The lowest BCUT2D eigenvalue weighted by Gasteiger charge is -2.09. The van der Waals surface area contributed by atoms with Gasteiger partial charge >= 0.3 is 0 Å². The fraction of sp³-hybridized carbons (Fsp3) is 0.312. The number of benzene rings is 1. The van der Waals surface area contributed by atoms with E-state index in [2.05, 4.69) is 53.2 Å². The van der Waals surface area contributed by atoms with Crippen LogP contribution >= 0.6 is 0 Å². The number of imidazole rings is 1. The van der Waals surface area contributed by atoms with Crippen molar-refractivity contribution in [2.24, 2.45) is 0 Å². The van der Waals surface area contributed by atoms with E-state index < -0.39 is 0 Å². The average Bonchev–Trinajstić information content (AvgIpc) is 2.90. The molecule has 0 amide bonds. The smallest absolute Gasteiger partial charge is 0.144 e. The Morgan fingerprint density at radius 3 is 2.57 bits per heavy atom. The topological polar surface area (TPSA) is 55.6 Å².